The normalized spacial score (nSPS) is 13.1. The molecule has 0 saturated carbocycles. The Labute approximate surface area is 220 Å². The molecular weight excluding hydrogens is 497 g/mol. The molecule has 1 heterocycles. The number of amides is 1. The van der Waals surface area contributed by atoms with Crippen molar-refractivity contribution in [1.82, 2.24) is 20.2 Å². The molecule has 2 N–H and O–H groups in total. The molecule has 2 aromatic carbocycles. The fourth-order valence-electron chi connectivity index (χ4n) is 4.07. The SMILES string of the molecule is CC(C)C(CNCCNC(=O)OC(C)(C)C)c1nc2cc(C(F)(F)F)ccc2c(=O)n1Cc1ccccc1. The summed E-state index contributed by atoms with van der Waals surface area (Å²) in [6.07, 6.45) is -5.07. The molecule has 3 rings (SSSR count). The summed E-state index contributed by atoms with van der Waals surface area (Å²) in [6, 6.07) is 12.4. The van der Waals surface area contributed by atoms with Crippen molar-refractivity contribution in [1.29, 1.82) is 0 Å². The van der Waals surface area contributed by atoms with Crippen molar-refractivity contribution >= 4 is 17.0 Å². The van der Waals surface area contributed by atoms with Crippen LogP contribution in [0.1, 0.15) is 57.5 Å². The second-order valence-corrected chi connectivity index (χ2v) is 10.6. The van der Waals surface area contributed by atoms with E-state index in [0.29, 0.717) is 25.5 Å². The van der Waals surface area contributed by atoms with Crippen LogP contribution in [-0.2, 0) is 17.5 Å². The van der Waals surface area contributed by atoms with Gasteiger partial charge in [0.2, 0.25) is 0 Å². The number of nitrogens with one attached hydrogen (secondary N) is 2. The van der Waals surface area contributed by atoms with Gasteiger partial charge in [0.05, 0.1) is 23.0 Å². The van der Waals surface area contributed by atoms with E-state index < -0.39 is 23.4 Å². The minimum Gasteiger partial charge on any atom is -0.444 e. The highest BCUT2D eigenvalue weighted by Gasteiger charge is 2.31. The summed E-state index contributed by atoms with van der Waals surface area (Å²) in [6.45, 7) is 10.7. The second kappa shape index (κ2) is 12.0. The molecule has 0 radical (unpaired) electrons. The van der Waals surface area contributed by atoms with Crippen LogP contribution < -0.4 is 16.2 Å². The molecule has 206 valence electrons. The van der Waals surface area contributed by atoms with Crippen molar-refractivity contribution in [2.24, 2.45) is 5.92 Å². The van der Waals surface area contributed by atoms with Crippen LogP contribution in [0.4, 0.5) is 18.0 Å². The Morgan fingerprint density at radius 1 is 1.05 bits per heavy atom. The maximum absolute atomic E-state index is 13.6. The molecule has 7 nitrogen and oxygen atoms in total. The number of carbonyl (C=O) groups is 1. The number of alkyl halides is 3. The largest absolute Gasteiger partial charge is 0.444 e. The average Bonchev–Trinajstić information content (AvgIpc) is 2.81. The Morgan fingerprint density at radius 3 is 2.34 bits per heavy atom. The first-order valence-electron chi connectivity index (χ1n) is 12.6. The van der Waals surface area contributed by atoms with Crippen LogP contribution in [0.2, 0.25) is 0 Å². The Bertz CT molecular complexity index is 1300. The van der Waals surface area contributed by atoms with Crippen molar-refractivity contribution in [3.05, 3.63) is 75.8 Å². The summed E-state index contributed by atoms with van der Waals surface area (Å²) in [5.74, 6) is 0.138. The van der Waals surface area contributed by atoms with E-state index in [-0.39, 0.29) is 34.8 Å². The molecule has 1 unspecified atom stereocenters. The van der Waals surface area contributed by atoms with Crippen LogP contribution in [0.5, 0.6) is 0 Å². The summed E-state index contributed by atoms with van der Waals surface area (Å²) < 4.78 is 47.0. The first-order valence-corrected chi connectivity index (χ1v) is 12.6. The van der Waals surface area contributed by atoms with Gasteiger partial charge in [0.25, 0.3) is 5.56 Å². The monoisotopic (exact) mass is 532 g/mol. The van der Waals surface area contributed by atoms with E-state index in [1.807, 2.05) is 44.2 Å². The van der Waals surface area contributed by atoms with E-state index in [1.54, 1.807) is 25.3 Å². The molecule has 0 fully saturated rings. The van der Waals surface area contributed by atoms with Gasteiger partial charge in [0.15, 0.2) is 0 Å². The molecule has 0 aliphatic carbocycles. The van der Waals surface area contributed by atoms with Gasteiger partial charge in [0.1, 0.15) is 11.4 Å². The summed E-state index contributed by atoms with van der Waals surface area (Å²) in [7, 11) is 0. The summed E-state index contributed by atoms with van der Waals surface area (Å²) in [5.41, 5.74) is -0.950. The lowest BCUT2D eigenvalue weighted by Crippen LogP contribution is -2.38. The lowest BCUT2D eigenvalue weighted by atomic mass is 9.94. The van der Waals surface area contributed by atoms with E-state index in [0.717, 1.165) is 17.7 Å². The van der Waals surface area contributed by atoms with Gasteiger partial charge < -0.3 is 15.4 Å². The number of benzene rings is 2. The fourth-order valence-corrected chi connectivity index (χ4v) is 4.07. The third kappa shape index (κ3) is 7.80. The van der Waals surface area contributed by atoms with Gasteiger partial charge in [-0.1, -0.05) is 44.2 Å². The zero-order valence-electron chi connectivity index (χ0n) is 22.4. The molecule has 1 aromatic heterocycles. The highest BCUT2D eigenvalue weighted by molar-refractivity contribution is 5.78. The molecule has 0 bridgehead atoms. The van der Waals surface area contributed by atoms with E-state index in [9.17, 15) is 22.8 Å². The Morgan fingerprint density at radius 2 is 1.74 bits per heavy atom. The molecule has 0 saturated heterocycles. The van der Waals surface area contributed by atoms with Crippen molar-refractivity contribution in [2.45, 2.75) is 58.9 Å². The van der Waals surface area contributed by atoms with Gasteiger partial charge in [-0.15, -0.1) is 0 Å². The van der Waals surface area contributed by atoms with Gasteiger partial charge in [-0.3, -0.25) is 9.36 Å². The van der Waals surface area contributed by atoms with Gasteiger partial charge in [-0.2, -0.15) is 13.2 Å². The number of carbonyl (C=O) groups excluding carboxylic acids is 1. The van der Waals surface area contributed by atoms with Crippen molar-refractivity contribution in [2.75, 3.05) is 19.6 Å². The molecule has 1 amide bonds. The molecule has 0 aliphatic heterocycles. The number of rotatable bonds is 9. The van der Waals surface area contributed by atoms with Crippen LogP contribution in [0.3, 0.4) is 0 Å². The van der Waals surface area contributed by atoms with Gasteiger partial charge in [-0.25, -0.2) is 9.78 Å². The Balaban J connectivity index is 1.92. The first kappa shape index (κ1) is 29.2. The van der Waals surface area contributed by atoms with E-state index >= 15 is 0 Å². The van der Waals surface area contributed by atoms with Crippen molar-refractivity contribution < 1.29 is 22.7 Å². The second-order valence-electron chi connectivity index (χ2n) is 10.6. The minimum atomic E-state index is -4.55. The van der Waals surface area contributed by atoms with Crippen LogP contribution in [-0.4, -0.2) is 40.9 Å². The van der Waals surface area contributed by atoms with E-state index in [1.165, 1.54) is 6.07 Å². The number of halogens is 3. The van der Waals surface area contributed by atoms with Crippen LogP contribution in [0, 0.1) is 5.92 Å². The number of hydrogen-bond donors (Lipinski definition) is 2. The maximum Gasteiger partial charge on any atom is 0.416 e. The molecule has 38 heavy (non-hydrogen) atoms. The lowest BCUT2D eigenvalue weighted by Gasteiger charge is -2.25. The lowest BCUT2D eigenvalue weighted by molar-refractivity contribution is -0.137. The summed E-state index contributed by atoms with van der Waals surface area (Å²) in [5, 5.41) is 6.08. The van der Waals surface area contributed by atoms with Gasteiger partial charge in [-0.05, 0) is 50.5 Å². The molecule has 1 atom stereocenters. The van der Waals surface area contributed by atoms with Crippen LogP contribution in [0.25, 0.3) is 10.9 Å². The zero-order chi connectivity index (χ0) is 28.1. The average molecular weight is 533 g/mol. The van der Waals surface area contributed by atoms with E-state index in [2.05, 4.69) is 15.6 Å². The number of fused-ring (bicyclic) bond motifs is 1. The maximum atomic E-state index is 13.6. The molecule has 0 aliphatic rings. The molecular formula is C28H35F3N4O3. The molecule has 3 aromatic rings. The third-order valence-corrected chi connectivity index (χ3v) is 5.97. The highest BCUT2D eigenvalue weighted by atomic mass is 19.4. The number of aromatic nitrogens is 2. The fraction of sp³-hybridized carbons (Fsp3) is 0.464. The highest BCUT2D eigenvalue weighted by Crippen LogP contribution is 2.31. The number of hydrogen-bond acceptors (Lipinski definition) is 5. The Hall–Kier alpha value is -3.40. The minimum absolute atomic E-state index is 0.0125. The molecule has 10 heteroatoms. The van der Waals surface area contributed by atoms with Crippen molar-refractivity contribution in [3.63, 3.8) is 0 Å². The van der Waals surface area contributed by atoms with Crippen LogP contribution >= 0.6 is 0 Å². The standard InChI is InChI=1S/C28H35F3N4O3/c1-18(2)22(16-32-13-14-33-26(37)38-27(3,4)5)24-34-23-15-20(28(29,30)31)11-12-21(23)25(36)35(24)17-19-9-7-6-8-10-19/h6-12,15,18,22,32H,13-14,16-17H2,1-5H3,(H,33,37). The molecule has 0 spiro atoms. The van der Waals surface area contributed by atoms with Crippen molar-refractivity contribution in [3.8, 4) is 0 Å². The van der Waals surface area contributed by atoms with Gasteiger partial charge >= 0.3 is 12.3 Å². The number of ether oxygens (including phenoxy) is 1. The number of nitrogens with zero attached hydrogens (tertiary/aromatic N) is 2. The third-order valence-electron chi connectivity index (χ3n) is 5.97. The number of alkyl carbamates (subject to hydrolysis) is 1. The summed E-state index contributed by atoms with van der Waals surface area (Å²) in [4.78, 5) is 30.1. The van der Waals surface area contributed by atoms with E-state index in [4.69, 9.17) is 4.74 Å². The predicted molar refractivity (Wildman–Crippen MR) is 141 cm³/mol. The quantitative estimate of drug-likeness (QED) is 0.365. The Kier molecular flexibility index (Phi) is 9.19. The predicted octanol–water partition coefficient (Wildman–Crippen LogP) is 5.32. The summed E-state index contributed by atoms with van der Waals surface area (Å²) >= 11 is 0. The smallest absolute Gasteiger partial charge is 0.416 e. The first-order chi connectivity index (χ1) is 17.8. The van der Waals surface area contributed by atoms with Crippen LogP contribution in [0.15, 0.2) is 53.3 Å². The van der Waals surface area contributed by atoms with Gasteiger partial charge in [0, 0.05) is 25.6 Å². The topological polar surface area (TPSA) is 85.2 Å². The zero-order valence-corrected chi connectivity index (χ0v) is 22.4.